The molecule has 130 valence electrons. The van der Waals surface area contributed by atoms with Gasteiger partial charge in [-0.2, -0.15) is 0 Å². The third kappa shape index (κ3) is 4.47. The number of aromatic nitrogens is 1. The summed E-state index contributed by atoms with van der Waals surface area (Å²) in [6, 6.07) is 7.65. The first-order chi connectivity index (χ1) is 11.4. The topological polar surface area (TPSA) is 40.5 Å². The van der Waals surface area contributed by atoms with E-state index in [1.807, 2.05) is 0 Å². The molecule has 2 rings (SSSR count). The second-order valence-electron chi connectivity index (χ2n) is 4.86. The van der Waals surface area contributed by atoms with Gasteiger partial charge in [0, 0.05) is 12.7 Å². The maximum Gasteiger partial charge on any atom is 0.269 e. The first-order valence-electron chi connectivity index (χ1n) is 7.03. The van der Waals surface area contributed by atoms with Gasteiger partial charge in [-0.1, -0.05) is 23.2 Å². The Morgan fingerprint density at radius 2 is 1.88 bits per heavy atom. The standard InChI is InChI=1S/C16H15Cl2F2NO3/c1-23-6-7-24-10-2-3-11(13(18)8-10)14-5-4-12(17)16(22)21(14)9-15(19)20/h2-5,8,15H,6-7,9H2,1H3. The van der Waals surface area contributed by atoms with Gasteiger partial charge in [0.2, 0.25) is 0 Å². The number of nitrogens with zero attached hydrogens (tertiary/aromatic N) is 1. The molecule has 0 spiro atoms. The first-order valence-corrected chi connectivity index (χ1v) is 7.78. The minimum Gasteiger partial charge on any atom is -0.491 e. The molecule has 0 saturated carbocycles. The van der Waals surface area contributed by atoms with Crippen LogP contribution in [0.5, 0.6) is 5.75 Å². The fourth-order valence-corrected chi connectivity index (χ4v) is 2.57. The zero-order valence-electron chi connectivity index (χ0n) is 12.8. The highest BCUT2D eigenvalue weighted by atomic mass is 35.5. The molecule has 1 aromatic heterocycles. The van der Waals surface area contributed by atoms with E-state index >= 15 is 0 Å². The van der Waals surface area contributed by atoms with E-state index in [1.165, 1.54) is 12.1 Å². The van der Waals surface area contributed by atoms with E-state index in [0.717, 1.165) is 4.57 Å². The van der Waals surface area contributed by atoms with Crippen LogP contribution >= 0.6 is 23.2 Å². The van der Waals surface area contributed by atoms with Crippen molar-refractivity contribution in [2.24, 2.45) is 0 Å². The van der Waals surface area contributed by atoms with Gasteiger partial charge in [-0.3, -0.25) is 4.79 Å². The summed E-state index contributed by atoms with van der Waals surface area (Å²) in [6.45, 7) is 0.00480. The molecule has 0 fully saturated rings. The summed E-state index contributed by atoms with van der Waals surface area (Å²) in [6.07, 6.45) is -2.70. The summed E-state index contributed by atoms with van der Waals surface area (Å²) < 4.78 is 36.8. The van der Waals surface area contributed by atoms with Gasteiger partial charge in [0.05, 0.1) is 23.9 Å². The van der Waals surface area contributed by atoms with E-state index in [1.54, 1.807) is 25.3 Å². The third-order valence-corrected chi connectivity index (χ3v) is 3.82. The van der Waals surface area contributed by atoms with Crippen LogP contribution in [0.3, 0.4) is 0 Å². The summed E-state index contributed by atoms with van der Waals surface area (Å²) in [4.78, 5) is 12.1. The summed E-state index contributed by atoms with van der Waals surface area (Å²) in [5, 5.41) is 0.143. The van der Waals surface area contributed by atoms with Crippen molar-refractivity contribution in [3.05, 3.63) is 50.7 Å². The molecule has 0 N–H and O–H groups in total. The van der Waals surface area contributed by atoms with E-state index in [4.69, 9.17) is 32.7 Å². The van der Waals surface area contributed by atoms with E-state index < -0.39 is 18.5 Å². The Balaban J connectivity index is 2.41. The summed E-state index contributed by atoms with van der Waals surface area (Å²) in [5.41, 5.74) is 0.00858. The maximum atomic E-state index is 12.8. The number of benzene rings is 1. The smallest absolute Gasteiger partial charge is 0.269 e. The number of ether oxygens (including phenoxy) is 2. The zero-order valence-corrected chi connectivity index (χ0v) is 14.3. The van der Waals surface area contributed by atoms with Gasteiger partial charge in [0.25, 0.3) is 12.0 Å². The molecule has 0 amide bonds. The minimum atomic E-state index is -2.70. The zero-order chi connectivity index (χ0) is 17.7. The Morgan fingerprint density at radius 1 is 1.12 bits per heavy atom. The normalized spacial score (nSPS) is 11.1. The molecule has 4 nitrogen and oxygen atoms in total. The second kappa shape index (κ2) is 8.46. The Labute approximate surface area is 147 Å². The van der Waals surface area contributed by atoms with Crippen molar-refractivity contribution < 1.29 is 18.3 Å². The fraction of sp³-hybridized carbons (Fsp3) is 0.312. The van der Waals surface area contributed by atoms with Crippen LogP contribution in [-0.2, 0) is 11.3 Å². The quantitative estimate of drug-likeness (QED) is 0.681. The Kier molecular flexibility index (Phi) is 6.60. The molecular formula is C16H15Cl2F2NO3. The molecule has 0 bridgehead atoms. The van der Waals surface area contributed by atoms with E-state index in [2.05, 4.69) is 0 Å². The van der Waals surface area contributed by atoms with Gasteiger partial charge in [-0.25, -0.2) is 8.78 Å². The van der Waals surface area contributed by atoms with E-state index in [0.29, 0.717) is 24.5 Å². The van der Waals surface area contributed by atoms with Gasteiger partial charge in [0.1, 0.15) is 17.4 Å². The number of hydrogen-bond acceptors (Lipinski definition) is 3. The van der Waals surface area contributed by atoms with E-state index in [9.17, 15) is 13.6 Å². The molecule has 0 aliphatic heterocycles. The maximum absolute atomic E-state index is 12.8. The molecular weight excluding hydrogens is 363 g/mol. The highest BCUT2D eigenvalue weighted by Gasteiger charge is 2.16. The van der Waals surface area contributed by atoms with Crippen LogP contribution < -0.4 is 10.3 Å². The molecule has 8 heteroatoms. The molecule has 1 heterocycles. The number of rotatable bonds is 7. The molecule has 0 aliphatic carbocycles. The van der Waals surface area contributed by atoms with Crippen molar-refractivity contribution in [3.63, 3.8) is 0 Å². The first kappa shape index (κ1) is 18.7. The molecule has 1 aromatic carbocycles. The molecule has 0 saturated heterocycles. The largest absolute Gasteiger partial charge is 0.491 e. The van der Waals surface area contributed by atoms with Crippen LogP contribution in [0.2, 0.25) is 10.0 Å². The van der Waals surface area contributed by atoms with Crippen LogP contribution in [0.25, 0.3) is 11.3 Å². The van der Waals surface area contributed by atoms with Crippen molar-refractivity contribution >= 4 is 23.2 Å². The second-order valence-corrected chi connectivity index (χ2v) is 5.67. The highest BCUT2D eigenvalue weighted by molar-refractivity contribution is 6.33. The monoisotopic (exact) mass is 377 g/mol. The molecule has 0 radical (unpaired) electrons. The average molecular weight is 378 g/mol. The lowest BCUT2D eigenvalue weighted by Crippen LogP contribution is -2.25. The average Bonchev–Trinajstić information content (AvgIpc) is 2.53. The van der Waals surface area contributed by atoms with Gasteiger partial charge in [-0.05, 0) is 30.3 Å². The van der Waals surface area contributed by atoms with Gasteiger partial charge in [0.15, 0.2) is 0 Å². The molecule has 0 aliphatic rings. The summed E-state index contributed by atoms with van der Waals surface area (Å²) in [7, 11) is 1.56. The molecule has 24 heavy (non-hydrogen) atoms. The summed E-state index contributed by atoms with van der Waals surface area (Å²) in [5.74, 6) is 0.512. The van der Waals surface area contributed by atoms with Crippen LogP contribution in [-0.4, -0.2) is 31.3 Å². The predicted molar refractivity (Wildman–Crippen MR) is 89.5 cm³/mol. The third-order valence-electron chi connectivity index (χ3n) is 3.22. The molecule has 0 atom stereocenters. The minimum absolute atomic E-state index is 0.130. The van der Waals surface area contributed by atoms with Crippen LogP contribution in [0.4, 0.5) is 8.78 Å². The van der Waals surface area contributed by atoms with Crippen molar-refractivity contribution in [2.45, 2.75) is 13.0 Å². The van der Waals surface area contributed by atoms with Gasteiger partial charge < -0.3 is 14.0 Å². The number of hydrogen-bond donors (Lipinski definition) is 0. The lowest BCUT2D eigenvalue weighted by molar-refractivity contribution is 0.126. The summed E-state index contributed by atoms with van der Waals surface area (Å²) >= 11 is 12.0. The number of alkyl halides is 2. The Bertz CT molecular complexity index is 765. The highest BCUT2D eigenvalue weighted by Crippen LogP contribution is 2.31. The Hall–Kier alpha value is -1.63. The lowest BCUT2D eigenvalue weighted by Gasteiger charge is -2.15. The van der Waals surface area contributed by atoms with Gasteiger partial charge >= 0.3 is 0 Å². The SMILES string of the molecule is COCCOc1ccc(-c2ccc(Cl)c(=O)n2CC(F)F)c(Cl)c1. The van der Waals surface area contributed by atoms with Gasteiger partial charge in [-0.15, -0.1) is 0 Å². The van der Waals surface area contributed by atoms with Crippen molar-refractivity contribution in [3.8, 4) is 17.0 Å². The van der Waals surface area contributed by atoms with Crippen molar-refractivity contribution in [1.29, 1.82) is 0 Å². The van der Waals surface area contributed by atoms with Crippen molar-refractivity contribution in [2.75, 3.05) is 20.3 Å². The predicted octanol–water partition coefficient (Wildman–Crippen LogP) is 4.11. The molecule has 0 unspecified atom stereocenters. The van der Waals surface area contributed by atoms with E-state index in [-0.39, 0.29) is 15.7 Å². The Morgan fingerprint density at radius 3 is 2.50 bits per heavy atom. The lowest BCUT2D eigenvalue weighted by atomic mass is 10.1. The van der Waals surface area contributed by atoms with Crippen LogP contribution in [0, 0.1) is 0 Å². The van der Waals surface area contributed by atoms with Crippen molar-refractivity contribution in [1.82, 2.24) is 4.57 Å². The number of pyridine rings is 1. The fourth-order valence-electron chi connectivity index (χ4n) is 2.14. The number of methoxy groups -OCH3 is 1. The van der Waals surface area contributed by atoms with Crippen LogP contribution in [0.15, 0.2) is 35.1 Å². The number of halogens is 4. The molecule has 2 aromatic rings. The van der Waals surface area contributed by atoms with Crippen LogP contribution in [0.1, 0.15) is 0 Å².